The Hall–Kier alpha value is -0.450. The molecule has 0 bridgehead atoms. The van der Waals surface area contributed by atoms with Gasteiger partial charge in [-0.2, -0.15) is 0 Å². The highest BCUT2D eigenvalue weighted by molar-refractivity contribution is 14.0. The quantitative estimate of drug-likeness (QED) is 0.272. The molecule has 0 unspecified atom stereocenters. The normalized spacial score (nSPS) is 11.1. The molecule has 0 aromatic carbocycles. The monoisotopic (exact) mass is 428 g/mol. The maximum absolute atomic E-state index is 5.39. The molecule has 6 nitrogen and oxygen atoms in total. The van der Waals surface area contributed by atoms with Gasteiger partial charge >= 0.3 is 0 Å². The number of thiazole rings is 1. The Morgan fingerprint density at radius 3 is 2.76 bits per heavy atom. The number of aromatic nitrogens is 1. The lowest BCUT2D eigenvalue weighted by Crippen LogP contribution is -2.37. The van der Waals surface area contributed by atoms with Crippen LogP contribution in [0, 0.1) is 6.92 Å². The summed E-state index contributed by atoms with van der Waals surface area (Å²) in [5.41, 5.74) is 2.93. The molecule has 2 N–H and O–H groups in total. The summed E-state index contributed by atoms with van der Waals surface area (Å²) in [6, 6.07) is 0. The standard InChI is InChI=1S/C13H24N4O2S.HI/c1-11-12(20-10-17-11)9-16-13(14-2)15-5-4-6-19-8-7-18-3;/h10H,4-9H2,1-3H3,(H2,14,15,16);1H. The minimum atomic E-state index is 0. The SMILES string of the molecule is CN=C(NCCCOCCOC)NCc1scnc1C.I. The van der Waals surface area contributed by atoms with Gasteiger partial charge in [-0.25, -0.2) is 4.98 Å². The second-order valence-corrected chi connectivity index (χ2v) is 5.11. The number of nitrogens with zero attached hydrogens (tertiary/aromatic N) is 2. The van der Waals surface area contributed by atoms with Crippen LogP contribution in [0.4, 0.5) is 0 Å². The zero-order valence-corrected chi connectivity index (χ0v) is 16.0. The van der Waals surface area contributed by atoms with Gasteiger partial charge in [0.05, 0.1) is 31.0 Å². The number of methoxy groups -OCH3 is 1. The fourth-order valence-corrected chi connectivity index (χ4v) is 2.22. The van der Waals surface area contributed by atoms with E-state index in [1.54, 1.807) is 25.5 Å². The van der Waals surface area contributed by atoms with Crippen LogP contribution < -0.4 is 10.6 Å². The Kier molecular flexibility index (Phi) is 12.9. The van der Waals surface area contributed by atoms with E-state index in [0.717, 1.165) is 37.8 Å². The number of hydrogen-bond donors (Lipinski definition) is 2. The highest BCUT2D eigenvalue weighted by Gasteiger charge is 2.02. The Morgan fingerprint density at radius 1 is 1.33 bits per heavy atom. The summed E-state index contributed by atoms with van der Waals surface area (Å²) < 4.78 is 10.3. The van der Waals surface area contributed by atoms with Crippen LogP contribution in [-0.4, -0.2) is 51.5 Å². The van der Waals surface area contributed by atoms with Crippen LogP contribution in [-0.2, 0) is 16.0 Å². The first-order valence-corrected chi connectivity index (χ1v) is 7.56. The zero-order valence-electron chi connectivity index (χ0n) is 12.8. The molecule has 1 rings (SSSR count). The van der Waals surface area contributed by atoms with Gasteiger partial charge in [-0.3, -0.25) is 4.99 Å². The summed E-state index contributed by atoms with van der Waals surface area (Å²) in [5.74, 6) is 0.801. The number of rotatable bonds is 9. The van der Waals surface area contributed by atoms with Gasteiger partial charge in [0.1, 0.15) is 0 Å². The smallest absolute Gasteiger partial charge is 0.191 e. The third-order valence-electron chi connectivity index (χ3n) is 2.67. The van der Waals surface area contributed by atoms with Crippen molar-refractivity contribution in [1.82, 2.24) is 15.6 Å². The molecule has 0 radical (unpaired) electrons. The Balaban J connectivity index is 0.00000400. The van der Waals surface area contributed by atoms with Gasteiger partial charge in [0, 0.05) is 32.2 Å². The molecule has 0 saturated carbocycles. The fraction of sp³-hybridized carbons (Fsp3) is 0.692. The van der Waals surface area contributed by atoms with Crippen molar-refractivity contribution in [2.45, 2.75) is 19.9 Å². The van der Waals surface area contributed by atoms with Crippen molar-refractivity contribution in [2.75, 3.05) is 40.5 Å². The van der Waals surface area contributed by atoms with Crippen LogP contribution in [0.1, 0.15) is 17.0 Å². The maximum atomic E-state index is 5.39. The van der Waals surface area contributed by atoms with E-state index >= 15 is 0 Å². The van der Waals surface area contributed by atoms with Crippen molar-refractivity contribution in [3.63, 3.8) is 0 Å². The molecule has 122 valence electrons. The summed E-state index contributed by atoms with van der Waals surface area (Å²) in [6.45, 7) is 5.61. The van der Waals surface area contributed by atoms with Crippen molar-refractivity contribution < 1.29 is 9.47 Å². The van der Waals surface area contributed by atoms with Crippen LogP contribution in [0.2, 0.25) is 0 Å². The number of aliphatic imine (C=N–C) groups is 1. The minimum absolute atomic E-state index is 0. The minimum Gasteiger partial charge on any atom is -0.382 e. The van der Waals surface area contributed by atoms with Gasteiger partial charge in [0.25, 0.3) is 0 Å². The van der Waals surface area contributed by atoms with Gasteiger partial charge < -0.3 is 20.1 Å². The summed E-state index contributed by atoms with van der Waals surface area (Å²) in [7, 11) is 3.44. The molecule has 0 aliphatic carbocycles. The highest BCUT2D eigenvalue weighted by Crippen LogP contribution is 2.10. The molecule has 1 heterocycles. The zero-order chi connectivity index (χ0) is 14.6. The van der Waals surface area contributed by atoms with Crippen molar-refractivity contribution in [3.8, 4) is 0 Å². The third-order valence-corrected chi connectivity index (χ3v) is 3.61. The Bertz CT molecular complexity index is 401. The predicted octanol–water partition coefficient (Wildman–Crippen LogP) is 1.79. The van der Waals surface area contributed by atoms with Gasteiger partial charge in [0.15, 0.2) is 5.96 Å². The van der Waals surface area contributed by atoms with Crippen LogP contribution in [0.15, 0.2) is 10.5 Å². The number of nitrogens with one attached hydrogen (secondary N) is 2. The summed E-state index contributed by atoms with van der Waals surface area (Å²) in [6.07, 6.45) is 0.935. The van der Waals surface area contributed by atoms with E-state index in [9.17, 15) is 0 Å². The number of ether oxygens (including phenoxy) is 2. The molecular weight excluding hydrogens is 403 g/mol. The Morgan fingerprint density at radius 2 is 2.14 bits per heavy atom. The van der Waals surface area contributed by atoms with Crippen molar-refractivity contribution in [3.05, 3.63) is 16.1 Å². The molecule has 0 spiro atoms. The lowest BCUT2D eigenvalue weighted by Gasteiger charge is -2.11. The number of halogens is 1. The predicted molar refractivity (Wildman–Crippen MR) is 97.8 cm³/mol. The molecule has 0 atom stereocenters. The highest BCUT2D eigenvalue weighted by atomic mass is 127. The second-order valence-electron chi connectivity index (χ2n) is 4.17. The molecule has 21 heavy (non-hydrogen) atoms. The van der Waals surface area contributed by atoms with Crippen molar-refractivity contribution >= 4 is 41.3 Å². The van der Waals surface area contributed by atoms with Crippen LogP contribution >= 0.6 is 35.3 Å². The molecule has 0 fully saturated rings. The van der Waals surface area contributed by atoms with Gasteiger partial charge in [-0.05, 0) is 13.3 Å². The first-order chi connectivity index (χ1) is 9.77. The maximum Gasteiger partial charge on any atom is 0.191 e. The van der Waals surface area contributed by atoms with E-state index in [1.807, 2.05) is 12.4 Å². The van der Waals surface area contributed by atoms with E-state index in [2.05, 4.69) is 20.6 Å². The average molecular weight is 428 g/mol. The topological polar surface area (TPSA) is 67.8 Å². The van der Waals surface area contributed by atoms with Crippen molar-refractivity contribution in [2.24, 2.45) is 4.99 Å². The third kappa shape index (κ3) is 9.22. The number of aryl methyl sites for hydroxylation is 1. The molecule has 0 aliphatic heterocycles. The summed E-state index contributed by atoms with van der Waals surface area (Å²) >= 11 is 1.65. The van der Waals surface area contributed by atoms with Crippen LogP contribution in [0.3, 0.4) is 0 Å². The Labute approximate surface area is 147 Å². The van der Waals surface area contributed by atoms with Crippen LogP contribution in [0.5, 0.6) is 0 Å². The van der Waals surface area contributed by atoms with Gasteiger partial charge in [0.2, 0.25) is 0 Å². The lowest BCUT2D eigenvalue weighted by atomic mass is 10.4. The van der Waals surface area contributed by atoms with E-state index in [4.69, 9.17) is 9.47 Å². The second kappa shape index (κ2) is 13.2. The number of hydrogen-bond acceptors (Lipinski definition) is 5. The molecule has 1 aromatic rings. The van der Waals surface area contributed by atoms with Gasteiger partial charge in [-0.1, -0.05) is 0 Å². The molecule has 8 heteroatoms. The van der Waals surface area contributed by atoms with E-state index < -0.39 is 0 Å². The molecule has 1 aromatic heterocycles. The first-order valence-electron chi connectivity index (χ1n) is 6.68. The lowest BCUT2D eigenvalue weighted by molar-refractivity contribution is 0.0698. The largest absolute Gasteiger partial charge is 0.382 e. The molecule has 0 saturated heterocycles. The fourth-order valence-electron chi connectivity index (χ4n) is 1.51. The summed E-state index contributed by atoms with van der Waals surface area (Å²) in [5, 5.41) is 6.53. The molecule has 0 amide bonds. The number of guanidine groups is 1. The molecular formula is C13H25IN4O2S. The summed E-state index contributed by atoms with van der Waals surface area (Å²) in [4.78, 5) is 9.64. The van der Waals surface area contributed by atoms with Crippen molar-refractivity contribution in [1.29, 1.82) is 0 Å². The van der Waals surface area contributed by atoms with E-state index in [1.165, 1.54) is 4.88 Å². The van der Waals surface area contributed by atoms with Gasteiger partial charge in [-0.15, -0.1) is 35.3 Å². The van der Waals surface area contributed by atoms with E-state index in [-0.39, 0.29) is 24.0 Å². The average Bonchev–Trinajstić information content (AvgIpc) is 2.86. The van der Waals surface area contributed by atoms with E-state index in [0.29, 0.717) is 13.2 Å². The molecule has 0 aliphatic rings. The first kappa shape index (κ1) is 20.6. The van der Waals surface area contributed by atoms with Crippen LogP contribution in [0.25, 0.3) is 0 Å².